The molecule has 10 nitrogen and oxygen atoms in total. The molecule has 42 heavy (non-hydrogen) atoms. The van der Waals surface area contributed by atoms with E-state index in [0.29, 0.717) is 12.1 Å². The van der Waals surface area contributed by atoms with E-state index in [9.17, 15) is 9.59 Å². The average molecular weight is 586 g/mol. The first-order valence-electron chi connectivity index (χ1n) is 17.0. The predicted molar refractivity (Wildman–Crippen MR) is 158 cm³/mol. The van der Waals surface area contributed by atoms with E-state index < -0.39 is 0 Å². The van der Waals surface area contributed by atoms with Gasteiger partial charge < -0.3 is 29.7 Å². The van der Waals surface area contributed by atoms with Crippen LogP contribution in [0.3, 0.4) is 0 Å². The van der Waals surface area contributed by atoms with Gasteiger partial charge in [-0.2, -0.15) is 0 Å². The van der Waals surface area contributed by atoms with E-state index in [4.69, 9.17) is 14.2 Å². The molecule has 234 valence electrons. The van der Waals surface area contributed by atoms with E-state index in [2.05, 4.69) is 25.3 Å². The Balaban J connectivity index is 1.08. The summed E-state index contributed by atoms with van der Waals surface area (Å²) in [6, 6.07) is 0.493. The highest BCUT2D eigenvalue weighted by Crippen LogP contribution is 2.49. The van der Waals surface area contributed by atoms with Crippen LogP contribution in [0.15, 0.2) is 11.8 Å². The van der Waals surface area contributed by atoms with Crippen LogP contribution in [0.1, 0.15) is 51.4 Å². The quantitative estimate of drug-likeness (QED) is 0.405. The van der Waals surface area contributed by atoms with Crippen molar-refractivity contribution in [3.8, 4) is 0 Å². The molecule has 0 aromatic rings. The lowest BCUT2D eigenvalue weighted by atomic mass is 9.65. The summed E-state index contributed by atoms with van der Waals surface area (Å²) < 4.78 is 18.0. The first-order valence-corrected chi connectivity index (χ1v) is 17.0. The van der Waals surface area contributed by atoms with Crippen LogP contribution < -0.4 is 10.6 Å². The summed E-state index contributed by atoms with van der Waals surface area (Å²) in [7, 11) is 0. The van der Waals surface area contributed by atoms with Crippen molar-refractivity contribution >= 4 is 11.7 Å². The van der Waals surface area contributed by atoms with Gasteiger partial charge in [0, 0.05) is 70.5 Å². The van der Waals surface area contributed by atoms with Gasteiger partial charge in [0.2, 0.25) is 0 Å². The molecule has 8 unspecified atom stereocenters. The van der Waals surface area contributed by atoms with Crippen molar-refractivity contribution in [1.82, 2.24) is 25.3 Å². The monoisotopic (exact) mass is 585 g/mol. The Morgan fingerprint density at radius 1 is 0.857 bits per heavy atom. The number of carbonyl (C=O) groups is 2. The highest BCUT2D eigenvalue weighted by molar-refractivity contribution is 6.20. The van der Waals surface area contributed by atoms with E-state index in [-0.39, 0.29) is 47.9 Å². The van der Waals surface area contributed by atoms with Gasteiger partial charge in [0.25, 0.3) is 5.91 Å². The molecule has 6 fully saturated rings. The molecular formula is C32H51N5O5. The number of nitrogens with zero attached hydrogens (tertiary/aromatic N) is 3. The van der Waals surface area contributed by atoms with E-state index >= 15 is 0 Å². The van der Waals surface area contributed by atoms with Crippen LogP contribution in [-0.2, 0) is 23.8 Å². The Hall–Kier alpha value is -1.56. The second kappa shape index (κ2) is 13.2. The summed E-state index contributed by atoms with van der Waals surface area (Å²) in [5.41, 5.74) is 0.363. The largest absolute Gasteiger partial charge is 0.379 e. The number of Topliss-reactive ketones (excluding diaryl/α,β-unsaturated/α-hetero) is 1. The Morgan fingerprint density at radius 2 is 1.52 bits per heavy atom. The fraction of sp³-hybridized carbons (Fsp3) is 0.875. The molecule has 3 saturated carbocycles. The molecule has 3 aliphatic carbocycles. The van der Waals surface area contributed by atoms with Gasteiger partial charge in [0.1, 0.15) is 0 Å². The molecule has 7 rings (SSSR count). The summed E-state index contributed by atoms with van der Waals surface area (Å²) >= 11 is 0. The lowest BCUT2D eigenvalue weighted by Crippen LogP contribution is -2.71. The minimum atomic E-state index is -0.205. The van der Waals surface area contributed by atoms with Crippen molar-refractivity contribution in [1.29, 1.82) is 0 Å². The van der Waals surface area contributed by atoms with Crippen LogP contribution in [0.4, 0.5) is 0 Å². The predicted octanol–water partition coefficient (Wildman–Crippen LogP) is 1.01. The Kier molecular flexibility index (Phi) is 9.17. The Morgan fingerprint density at radius 3 is 2.24 bits per heavy atom. The third-order valence-electron chi connectivity index (χ3n) is 11.4. The number of nitrogens with one attached hydrogen (secondary N) is 2. The third kappa shape index (κ3) is 6.04. The van der Waals surface area contributed by atoms with Gasteiger partial charge in [-0.25, -0.2) is 0 Å². The van der Waals surface area contributed by atoms with Crippen molar-refractivity contribution in [3.05, 3.63) is 11.8 Å². The molecule has 8 atom stereocenters. The highest BCUT2D eigenvalue weighted by Gasteiger charge is 2.57. The van der Waals surface area contributed by atoms with Gasteiger partial charge in [-0.15, -0.1) is 0 Å². The third-order valence-corrected chi connectivity index (χ3v) is 11.4. The number of morpholine rings is 3. The molecule has 0 aromatic carbocycles. The molecule has 0 aromatic heterocycles. The number of ketones is 1. The lowest BCUT2D eigenvalue weighted by molar-refractivity contribution is -0.200. The van der Waals surface area contributed by atoms with Crippen molar-refractivity contribution in [2.75, 3.05) is 78.8 Å². The number of rotatable bonds is 8. The van der Waals surface area contributed by atoms with Gasteiger partial charge >= 0.3 is 0 Å². The summed E-state index contributed by atoms with van der Waals surface area (Å²) in [5, 5.41) is 6.95. The molecule has 4 heterocycles. The topological polar surface area (TPSA) is 95.6 Å². The number of ether oxygens (including phenoxy) is 3. The van der Waals surface area contributed by atoms with Crippen molar-refractivity contribution < 1.29 is 23.8 Å². The van der Waals surface area contributed by atoms with Crippen molar-refractivity contribution in [2.45, 2.75) is 81.7 Å². The van der Waals surface area contributed by atoms with Crippen LogP contribution in [0.5, 0.6) is 0 Å². The van der Waals surface area contributed by atoms with E-state index in [0.717, 1.165) is 110 Å². The average Bonchev–Trinajstić information content (AvgIpc) is 3.03. The molecule has 2 N–H and O–H groups in total. The van der Waals surface area contributed by atoms with Crippen LogP contribution in [0.25, 0.3) is 0 Å². The minimum absolute atomic E-state index is 0.0124. The molecule has 0 bridgehead atoms. The smallest absolute Gasteiger partial charge is 0.256 e. The molecule has 0 spiro atoms. The maximum atomic E-state index is 13.9. The molecule has 0 radical (unpaired) electrons. The lowest BCUT2D eigenvalue weighted by Gasteiger charge is -2.60. The van der Waals surface area contributed by atoms with E-state index in [1.165, 1.54) is 25.7 Å². The second-order valence-corrected chi connectivity index (χ2v) is 13.7. The van der Waals surface area contributed by atoms with Crippen molar-refractivity contribution in [2.24, 2.45) is 17.8 Å². The molecule has 1 amide bonds. The molecular weight excluding hydrogens is 534 g/mol. The normalized spacial score (nSPS) is 39.1. The van der Waals surface area contributed by atoms with Gasteiger partial charge in [0.15, 0.2) is 5.78 Å². The van der Waals surface area contributed by atoms with E-state index in [1.54, 1.807) is 0 Å². The summed E-state index contributed by atoms with van der Waals surface area (Å²) in [6.07, 6.45) is 11.4. The Labute approximate surface area is 250 Å². The maximum Gasteiger partial charge on any atom is 0.256 e. The standard InChI is InChI=1S/C32H51N5O5/c38-30-24-5-6-26(33-7-9-35-11-15-40-16-12-35)31-29(24)37(27-19-22-3-1-2-4-23(22)20-28(27)42-31)21-25(30)32(39)34-8-10-36-13-17-41-18-14-36/h21-24,26-29,31,33H,1-20H2,(H,34,39). The van der Waals surface area contributed by atoms with Crippen molar-refractivity contribution in [3.63, 3.8) is 0 Å². The number of hydrogen-bond donors (Lipinski definition) is 2. The van der Waals surface area contributed by atoms with Crippen LogP contribution >= 0.6 is 0 Å². The minimum Gasteiger partial charge on any atom is -0.379 e. The van der Waals surface area contributed by atoms with Gasteiger partial charge in [-0.05, 0) is 37.5 Å². The molecule has 4 aliphatic heterocycles. The van der Waals surface area contributed by atoms with Crippen LogP contribution in [0, 0.1) is 17.8 Å². The fourth-order valence-corrected chi connectivity index (χ4v) is 9.17. The summed E-state index contributed by atoms with van der Waals surface area (Å²) in [6.45, 7) is 10.1. The summed E-state index contributed by atoms with van der Waals surface area (Å²) in [5.74, 6) is 1.12. The number of amides is 1. The highest BCUT2D eigenvalue weighted by atomic mass is 16.5. The molecule has 10 heteroatoms. The summed E-state index contributed by atoms with van der Waals surface area (Å²) in [4.78, 5) is 34.7. The van der Waals surface area contributed by atoms with E-state index in [1.807, 2.05) is 6.20 Å². The van der Waals surface area contributed by atoms with Crippen LogP contribution in [-0.4, -0.2) is 136 Å². The first kappa shape index (κ1) is 29.2. The number of carbonyl (C=O) groups excluding carboxylic acids is 2. The molecule has 3 saturated heterocycles. The zero-order chi connectivity index (χ0) is 28.5. The zero-order valence-corrected chi connectivity index (χ0v) is 25.2. The Bertz CT molecular complexity index is 998. The number of fused-ring (bicyclic) bond motifs is 3. The zero-order valence-electron chi connectivity index (χ0n) is 25.2. The first-order chi connectivity index (χ1) is 20.7. The maximum absolute atomic E-state index is 13.9. The van der Waals surface area contributed by atoms with Gasteiger partial charge in [0.05, 0.1) is 56.3 Å². The van der Waals surface area contributed by atoms with Crippen LogP contribution in [0.2, 0.25) is 0 Å². The molecule has 7 aliphatic rings. The fourth-order valence-electron chi connectivity index (χ4n) is 9.17. The SMILES string of the molecule is O=C(NCCN1CCOCC1)C1=CN2C3CC4CCCCC4CC3OC3C(NCCN4CCOCC4)CCC(C1=O)C32. The van der Waals surface area contributed by atoms with Gasteiger partial charge in [-0.3, -0.25) is 19.4 Å². The van der Waals surface area contributed by atoms with Gasteiger partial charge in [-0.1, -0.05) is 25.7 Å². The number of hydrogen-bond acceptors (Lipinski definition) is 9. The second-order valence-electron chi connectivity index (χ2n) is 13.7.